The Morgan fingerprint density at radius 1 is 0.797 bits per heavy atom. The third-order valence-corrected chi connectivity index (χ3v) is 21.8. The number of methoxy groups -OCH3 is 1. The Labute approximate surface area is 464 Å². The topological polar surface area (TPSA) is 249 Å². The van der Waals surface area contributed by atoms with Crippen LogP contribution in [0.4, 0.5) is 0 Å². The molecule has 438 valence electrons. The van der Waals surface area contributed by atoms with Gasteiger partial charge < -0.3 is 73.6 Å². The number of carbonyl (C=O) groups excluding carboxylic acids is 1. The standard InChI is InChI=1S/C41H64O14.C20H24N2O2/c1-19-36(47)28(42)15-34(50-19)54-38-21(3)52-35(17-30(38)44)55-37-20(2)51-33(16-29(37)43)53-24-8-10-39(4)23(13-24)6-7-26-27(39)14-31(45)40(5)25(9-11-41(26,40)48)22-12-32(46)49-18-22;1-3-13-12-22-9-7-14(13)10-19(22)20(23)16-6-8-21-18-5-4-15(24-2)11-17(16)18/h12,19-21,23-31,33-38,42-45,47-48H,6-11,13-18H2,1-5H3;3-6,8,11,13-14,19-20,23H,1,7,9-10,12H2,2H3/t19-,20-,21-,23-,24+,25-,26-,27+,28+,29+,30+,31-,33+,34+,35+,36-,37-,38-,39+,40+,41+;13-,14-,19+,20-/m10/s1. The number of aromatic nitrogens is 1. The summed E-state index contributed by atoms with van der Waals surface area (Å²) in [4.78, 5) is 18.8. The van der Waals surface area contributed by atoms with Crippen LogP contribution in [-0.4, -0.2) is 176 Å². The lowest BCUT2D eigenvalue weighted by atomic mass is 9.42. The largest absolute Gasteiger partial charge is 0.497 e. The highest BCUT2D eigenvalue weighted by Crippen LogP contribution is 2.70. The summed E-state index contributed by atoms with van der Waals surface area (Å²) in [7, 11) is 1.66. The van der Waals surface area contributed by atoms with Gasteiger partial charge >= 0.3 is 5.97 Å². The van der Waals surface area contributed by atoms with Gasteiger partial charge in [0.25, 0.3) is 0 Å². The first-order valence-electron chi connectivity index (χ1n) is 29.6. The van der Waals surface area contributed by atoms with Crippen LogP contribution in [0, 0.1) is 46.3 Å². The van der Waals surface area contributed by atoms with Crippen molar-refractivity contribution in [2.45, 2.75) is 222 Å². The molecule has 1 aromatic carbocycles. The van der Waals surface area contributed by atoms with Crippen molar-refractivity contribution in [1.82, 2.24) is 9.88 Å². The van der Waals surface area contributed by atoms with Crippen molar-refractivity contribution in [3.05, 3.63) is 60.3 Å². The highest BCUT2D eigenvalue weighted by molar-refractivity contribution is 5.85. The van der Waals surface area contributed by atoms with Crippen molar-refractivity contribution in [3.63, 3.8) is 0 Å². The van der Waals surface area contributed by atoms with Gasteiger partial charge in [0.1, 0.15) is 30.7 Å². The Hall–Kier alpha value is -3.18. The minimum Gasteiger partial charge on any atom is -0.497 e. The van der Waals surface area contributed by atoms with Crippen LogP contribution in [0.2, 0.25) is 0 Å². The van der Waals surface area contributed by atoms with Crippen molar-refractivity contribution in [1.29, 1.82) is 0 Å². The normalized spacial score (nSPS) is 47.9. The average molecular weight is 1110 g/mol. The van der Waals surface area contributed by atoms with Crippen LogP contribution in [0.1, 0.15) is 130 Å². The summed E-state index contributed by atoms with van der Waals surface area (Å²) in [5.41, 5.74) is 0.954. The number of piperidine rings is 3. The van der Waals surface area contributed by atoms with Crippen LogP contribution < -0.4 is 4.74 Å². The number of carbonyl (C=O) groups is 1. The van der Waals surface area contributed by atoms with E-state index in [9.17, 15) is 40.5 Å². The van der Waals surface area contributed by atoms with Crippen molar-refractivity contribution >= 4 is 16.9 Å². The second-order valence-corrected chi connectivity index (χ2v) is 25.8. The van der Waals surface area contributed by atoms with Crippen LogP contribution in [0.3, 0.4) is 0 Å². The summed E-state index contributed by atoms with van der Waals surface area (Å²) < 4.78 is 47.4. The number of ether oxygens (including phenoxy) is 8. The van der Waals surface area contributed by atoms with Gasteiger partial charge in [-0.25, -0.2) is 4.79 Å². The predicted molar refractivity (Wildman–Crippen MR) is 288 cm³/mol. The van der Waals surface area contributed by atoms with E-state index in [2.05, 4.69) is 29.5 Å². The molecule has 1 aromatic heterocycles. The first kappa shape index (κ1) is 57.6. The Bertz CT molecular complexity index is 2500. The minimum atomic E-state index is -1.01. The first-order valence-corrected chi connectivity index (χ1v) is 29.6. The zero-order valence-corrected chi connectivity index (χ0v) is 47.0. The molecule has 0 radical (unpaired) electrons. The summed E-state index contributed by atoms with van der Waals surface area (Å²) >= 11 is 0. The van der Waals surface area contributed by atoms with E-state index >= 15 is 0 Å². The lowest BCUT2D eigenvalue weighted by molar-refractivity contribution is -0.336. The van der Waals surface area contributed by atoms with Crippen LogP contribution in [0.15, 0.2) is 54.8 Å². The van der Waals surface area contributed by atoms with E-state index in [1.807, 2.05) is 38.1 Å². The first-order chi connectivity index (χ1) is 37.7. The van der Waals surface area contributed by atoms with Gasteiger partial charge in [0.2, 0.25) is 0 Å². The molecule has 18 nitrogen and oxygen atoms in total. The lowest BCUT2D eigenvalue weighted by Crippen LogP contribution is -2.67. The number of benzene rings is 1. The highest BCUT2D eigenvalue weighted by Gasteiger charge is 2.71. The number of nitrogens with zero attached hydrogens (tertiary/aromatic N) is 2. The quantitative estimate of drug-likeness (QED) is 0.0847. The van der Waals surface area contributed by atoms with Gasteiger partial charge in [-0.1, -0.05) is 19.9 Å². The SMILES string of the molecule is C=C[C@H]1C[N@]2CC[C@H]1C[C@@H]2[C@@H](O)c1ccnc2ccc(OC)cc12.C[C@H]1O[C@@H](O[C@H]2[C@@H](O)C[C@H](O[C@H]3[C@@H](O)C[C@H](O[C@H]4CC[C@@]5(C)[C@H](CC[C@@H]6[C@@H]5C[C@@H](O)[C@]5(C)[C@@H](C7=CC(=O)OC7)CC[C@]65O)C4)O[C@@H]3C)O[C@@H]2C)C[C@H](O)[C@@H]1O. The fourth-order valence-electron chi connectivity index (χ4n) is 17.2. The Morgan fingerprint density at radius 2 is 1.48 bits per heavy atom. The fourth-order valence-corrected chi connectivity index (χ4v) is 17.2. The van der Waals surface area contributed by atoms with Gasteiger partial charge in [-0.05, 0) is 168 Å². The van der Waals surface area contributed by atoms with E-state index in [4.69, 9.17) is 37.9 Å². The molecule has 0 spiro atoms. The maximum atomic E-state index is 12.6. The second kappa shape index (κ2) is 22.8. The van der Waals surface area contributed by atoms with Gasteiger partial charge in [0.05, 0.1) is 73.2 Å². The van der Waals surface area contributed by atoms with Crippen LogP contribution in [-0.2, 0) is 38.0 Å². The number of esters is 1. The molecule has 0 unspecified atom stereocenters. The maximum Gasteiger partial charge on any atom is 0.331 e. The Balaban J connectivity index is 0.000000228. The van der Waals surface area contributed by atoms with Gasteiger partial charge in [0, 0.05) is 54.9 Å². The number of fused-ring (bicyclic) bond motifs is 9. The zero-order valence-electron chi connectivity index (χ0n) is 47.0. The highest BCUT2D eigenvalue weighted by atomic mass is 16.7. The molecule has 10 fully saturated rings. The number of aliphatic hydroxyl groups is 7. The van der Waals surface area contributed by atoms with Crippen molar-refractivity contribution < 1.29 is 78.4 Å². The van der Waals surface area contributed by atoms with Gasteiger partial charge in [-0.15, -0.1) is 6.58 Å². The third kappa shape index (κ3) is 10.6. The molecule has 2 aromatic rings. The molecule has 18 heteroatoms. The van der Waals surface area contributed by atoms with Crippen molar-refractivity contribution in [3.8, 4) is 5.75 Å². The number of aliphatic hydroxyl groups excluding tert-OH is 6. The lowest BCUT2D eigenvalue weighted by Gasteiger charge is -2.65. The van der Waals surface area contributed by atoms with Gasteiger partial charge in [-0.2, -0.15) is 0 Å². The van der Waals surface area contributed by atoms with Crippen LogP contribution >= 0.6 is 0 Å². The molecule has 7 aliphatic heterocycles. The molecule has 4 saturated carbocycles. The van der Waals surface area contributed by atoms with E-state index in [1.54, 1.807) is 33.2 Å². The molecular formula is C61H88N2O16. The zero-order chi connectivity index (χ0) is 55.9. The molecule has 26 atom stereocenters. The van der Waals surface area contributed by atoms with Crippen LogP contribution in [0.5, 0.6) is 5.75 Å². The molecule has 11 aliphatic rings. The molecule has 6 saturated heterocycles. The molecule has 8 heterocycles. The molecule has 0 amide bonds. The molecule has 4 aliphatic carbocycles. The van der Waals surface area contributed by atoms with E-state index in [0.29, 0.717) is 30.6 Å². The fraction of sp³-hybridized carbons (Fsp3) is 0.770. The number of rotatable bonds is 11. The number of cyclic esters (lactones) is 1. The second-order valence-electron chi connectivity index (χ2n) is 25.8. The van der Waals surface area contributed by atoms with E-state index in [1.165, 1.54) is 6.42 Å². The summed E-state index contributed by atoms with van der Waals surface area (Å²) in [6.45, 7) is 16.0. The molecule has 79 heavy (non-hydrogen) atoms. The predicted octanol–water partition coefficient (Wildman–Crippen LogP) is 5.39. The maximum absolute atomic E-state index is 12.6. The minimum absolute atomic E-state index is 0.0452. The molecule has 13 rings (SSSR count). The average Bonchev–Trinajstić information content (AvgIpc) is 3.27. The Kier molecular flexibility index (Phi) is 16.6. The summed E-state index contributed by atoms with van der Waals surface area (Å²) in [6.07, 6.45) is 4.11. The molecule has 2 bridgehead atoms. The van der Waals surface area contributed by atoms with Crippen molar-refractivity contribution in [2.75, 3.05) is 26.8 Å². The molecule has 7 N–H and O–H groups in total. The third-order valence-electron chi connectivity index (χ3n) is 21.8. The monoisotopic (exact) mass is 1100 g/mol. The van der Waals surface area contributed by atoms with Crippen LogP contribution in [0.25, 0.3) is 10.9 Å². The van der Waals surface area contributed by atoms with Crippen molar-refractivity contribution in [2.24, 2.45) is 46.3 Å². The number of hydrogen-bond acceptors (Lipinski definition) is 18. The summed E-state index contributed by atoms with van der Waals surface area (Å²) in [5, 5.41) is 79.0. The van der Waals surface area contributed by atoms with E-state index < -0.39 is 97.0 Å². The summed E-state index contributed by atoms with van der Waals surface area (Å²) in [5.74, 6) is 2.21. The van der Waals surface area contributed by atoms with E-state index in [-0.39, 0.29) is 67.2 Å². The Morgan fingerprint density at radius 3 is 2.10 bits per heavy atom. The number of hydrogen-bond donors (Lipinski definition) is 7. The van der Waals surface area contributed by atoms with Gasteiger partial charge in [-0.3, -0.25) is 9.88 Å². The number of pyridine rings is 1. The summed E-state index contributed by atoms with van der Waals surface area (Å²) in [6, 6.07) is 7.96. The van der Waals surface area contributed by atoms with E-state index in [0.717, 1.165) is 85.8 Å². The smallest absolute Gasteiger partial charge is 0.331 e. The van der Waals surface area contributed by atoms with Gasteiger partial charge in [0.15, 0.2) is 18.9 Å². The molecular weight excluding hydrogens is 1020 g/mol.